The molecular weight excluding hydrogens is 458 g/mol. The number of hydrogen-bond donors (Lipinski definition) is 3. The van der Waals surface area contributed by atoms with E-state index in [-0.39, 0.29) is 18.4 Å². The van der Waals surface area contributed by atoms with E-state index < -0.39 is 0 Å². The summed E-state index contributed by atoms with van der Waals surface area (Å²) in [6, 6.07) is 7.59. The van der Waals surface area contributed by atoms with Gasteiger partial charge in [-0.25, -0.2) is 0 Å². The van der Waals surface area contributed by atoms with Gasteiger partial charge >= 0.3 is 0 Å². The number of rotatable bonds is 7. The molecular formula is C21H22ClN11O. The van der Waals surface area contributed by atoms with E-state index >= 15 is 0 Å². The number of primary amides is 1. The van der Waals surface area contributed by atoms with E-state index in [2.05, 4.69) is 42.7 Å². The largest absolute Gasteiger partial charge is 0.369 e. The van der Waals surface area contributed by atoms with E-state index in [4.69, 9.17) is 17.3 Å². The van der Waals surface area contributed by atoms with Gasteiger partial charge < -0.3 is 21.3 Å². The highest BCUT2D eigenvalue weighted by Crippen LogP contribution is 2.36. The van der Waals surface area contributed by atoms with E-state index in [1.807, 2.05) is 11.8 Å². The van der Waals surface area contributed by atoms with E-state index in [1.165, 1.54) is 10.7 Å². The van der Waals surface area contributed by atoms with Crippen molar-refractivity contribution in [2.24, 2.45) is 5.73 Å². The molecule has 0 radical (unpaired) electrons. The molecule has 3 heterocycles. The summed E-state index contributed by atoms with van der Waals surface area (Å²) in [5.74, 6) is 0.251. The van der Waals surface area contributed by atoms with Gasteiger partial charge in [-0.05, 0) is 19.1 Å². The van der Waals surface area contributed by atoms with Crippen molar-refractivity contribution < 1.29 is 4.79 Å². The Labute approximate surface area is 200 Å². The van der Waals surface area contributed by atoms with Gasteiger partial charge in [0.2, 0.25) is 17.8 Å². The average Bonchev–Trinajstić information content (AvgIpc) is 3.24. The number of carbonyl (C=O) groups excluding carboxylic acids is 1. The number of aromatic nitrogens is 4. The summed E-state index contributed by atoms with van der Waals surface area (Å²) in [7, 11) is 0. The maximum absolute atomic E-state index is 11.2. The van der Waals surface area contributed by atoms with Crippen molar-refractivity contribution in [3.05, 3.63) is 34.5 Å². The molecule has 1 aliphatic heterocycles. The van der Waals surface area contributed by atoms with Crippen LogP contribution in [0.1, 0.15) is 18.1 Å². The van der Waals surface area contributed by atoms with Crippen LogP contribution in [0, 0.1) is 22.7 Å². The van der Waals surface area contributed by atoms with Gasteiger partial charge in [-0.2, -0.15) is 30.1 Å². The summed E-state index contributed by atoms with van der Waals surface area (Å²) in [6.07, 6.45) is 1.42. The Morgan fingerprint density at radius 3 is 2.62 bits per heavy atom. The number of carbonyl (C=O) groups is 1. The van der Waals surface area contributed by atoms with Crippen LogP contribution in [0.3, 0.4) is 0 Å². The number of hydrogen-bond acceptors (Lipinski definition) is 10. The van der Waals surface area contributed by atoms with Crippen molar-refractivity contribution in [3.8, 4) is 12.1 Å². The minimum absolute atomic E-state index is 0.203. The Bertz CT molecular complexity index is 1310. The summed E-state index contributed by atoms with van der Waals surface area (Å²) in [5, 5.41) is 29.8. The fraction of sp³-hybridized carbons (Fsp3) is 0.333. The summed E-state index contributed by atoms with van der Waals surface area (Å²) in [5.41, 5.74) is 7.51. The first-order valence-corrected chi connectivity index (χ1v) is 11.0. The molecule has 2 aromatic heterocycles. The number of nitrogens with zero attached hydrogens (tertiary/aromatic N) is 8. The maximum Gasteiger partial charge on any atom is 0.232 e. The predicted octanol–water partition coefficient (Wildman–Crippen LogP) is 1.30. The predicted molar refractivity (Wildman–Crippen MR) is 127 cm³/mol. The van der Waals surface area contributed by atoms with Gasteiger partial charge in [-0.1, -0.05) is 11.6 Å². The highest BCUT2D eigenvalue weighted by atomic mass is 35.5. The van der Waals surface area contributed by atoms with Gasteiger partial charge in [-0.15, -0.1) is 0 Å². The molecule has 0 spiro atoms. The molecule has 1 saturated heterocycles. The van der Waals surface area contributed by atoms with E-state index in [1.54, 1.807) is 12.1 Å². The summed E-state index contributed by atoms with van der Waals surface area (Å²) in [6.45, 7) is 5.24. The van der Waals surface area contributed by atoms with E-state index in [0.717, 1.165) is 0 Å². The number of fused-ring (bicyclic) bond motifs is 1. The lowest BCUT2D eigenvalue weighted by atomic mass is 10.1. The lowest BCUT2D eigenvalue weighted by molar-refractivity contribution is -0.119. The molecule has 4 N–H and O–H groups in total. The molecule has 1 aliphatic rings. The molecule has 1 amide bonds. The summed E-state index contributed by atoms with van der Waals surface area (Å²) >= 11 is 6.76. The van der Waals surface area contributed by atoms with Gasteiger partial charge in [0.15, 0.2) is 5.65 Å². The van der Waals surface area contributed by atoms with Crippen molar-refractivity contribution in [1.29, 1.82) is 10.5 Å². The molecule has 12 nitrogen and oxygen atoms in total. The molecule has 4 rings (SSSR count). The van der Waals surface area contributed by atoms with Gasteiger partial charge in [0.05, 0.1) is 40.8 Å². The third-order valence-electron chi connectivity index (χ3n) is 5.34. The molecule has 0 atom stereocenters. The first-order valence-electron chi connectivity index (χ1n) is 10.6. The topological polar surface area (TPSA) is 164 Å². The zero-order chi connectivity index (χ0) is 24.2. The number of amides is 1. The van der Waals surface area contributed by atoms with Crippen LogP contribution in [0.2, 0.25) is 5.02 Å². The molecule has 3 aromatic rings. The van der Waals surface area contributed by atoms with Crippen molar-refractivity contribution in [3.63, 3.8) is 0 Å². The lowest BCUT2D eigenvalue weighted by Crippen LogP contribution is -2.49. The van der Waals surface area contributed by atoms with Gasteiger partial charge in [0.25, 0.3) is 0 Å². The Balaban J connectivity index is 1.67. The summed E-state index contributed by atoms with van der Waals surface area (Å²) in [4.78, 5) is 24.1. The first kappa shape index (κ1) is 23.0. The first-order chi connectivity index (χ1) is 16.4. The fourth-order valence-corrected chi connectivity index (χ4v) is 4.04. The standard InChI is InChI=1S/C21H22ClN11O/c1-2-26-21-30-20(29-19-14(10-24)11-27-33(19)21)28-15-7-13(9-23)8-16(18(15)22)32-5-3-31(4-6-32)12-17(25)34/h7-8,11H,2-6,12H2,1H3,(H2,25,34)(H2,26,28,29,30). The molecule has 0 bridgehead atoms. The highest BCUT2D eigenvalue weighted by molar-refractivity contribution is 6.36. The van der Waals surface area contributed by atoms with Crippen molar-refractivity contribution in [1.82, 2.24) is 24.5 Å². The van der Waals surface area contributed by atoms with Crippen molar-refractivity contribution in [2.75, 3.05) is 54.8 Å². The second-order valence-corrected chi connectivity index (χ2v) is 8.01. The normalized spacial score (nSPS) is 13.9. The minimum Gasteiger partial charge on any atom is -0.369 e. The third kappa shape index (κ3) is 4.64. The average molecular weight is 480 g/mol. The Morgan fingerprint density at radius 1 is 1.21 bits per heavy atom. The number of nitriles is 2. The quantitative estimate of drug-likeness (QED) is 0.449. The van der Waals surface area contributed by atoms with Gasteiger partial charge in [-0.3, -0.25) is 9.69 Å². The maximum atomic E-state index is 11.2. The SMILES string of the molecule is CCNc1nc(Nc2cc(C#N)cc(N3CCN(CC(N)=O)CC3)c2Cl)nc2c(C#N)cnn12. The molecule has 13 heteroatoms. The molecule has 0 aliphatic carbocycles. The Morgan fingerprint density at radius 2 is 1.97 bits per heavy atom. The van der Waals surface area contributed by atoms with Crippen LogP contribution in [-0.4, -0.2) is 69.7 Å². The van der Waals surface area contributed by atoms with Crippen LogP contribution < -0.4 is 21.3 Å². The van der Waals surface area contributed by atoms with Crippen LogP contribution >= 0.6 is 11.6 Å². The monoisotopic (exact) mass is 479 g/mol. The second-order valence-electron chi connectivity index (χ2n) is 7.63. The van der Waals surface area contributed by atoms with E-state index in [9.17, 15) is 15.3 Å². The van der Waals surface area contributed by atoms with Crippen LogP contribution in [0.5, 0.6) is 0 Å². The fourth-order valence-electron chi connectivity index (χ4n) is 3.77. The van der Waals surface area contributed by atoms with Crippen LogP contribution in [-0.2, 0) is 4.79 Å². The lowest BCUT2D eigenvalue weighted by Gasteiger charge is -2.36. The minimum atomic E-state index is -0.365. The molecule has 0 unspecified atom stereocenters. The summed E-state index contributed by atoms with van der Waals surface area (Å²) < 4.78 is 1.46. The van der Waals surface area contributed by atoms with Crippen molar-refractivity contribution in [2.45, 2.75) is 6.92 Å². The second kappa shape index (κ2) is 9.79. The van der Waals surface area contributed by atoms with Gasteiger partial charge in [0, 0.05) is 32.7 Å². The van der Waals surface area contributed by atoms with Crippen LogP contribution in [0.25, 0.3) is 5.65 Å². The Kier molecular flexibility index (Phi) is 6.63. The number of benzene rings is 1. The molecule has 1 aromatic carbocycles. The van der Waals surface area contributed by atoms with Gasteiger partial charge in [0.1, 0.15) is 11.6 Å². The number of halogens is 1. The third-order valence-corrected chi connectivity index (χ3v) is 5.74. The zero-order valence-corrected chi connectivity index (χ0v) is 19.2. The number of anilines is 4. The number of nitrogens with one attached hydrogen (secondary N) is 2. The molecule has 1 fully saturated rings. The highest BCUT2D eigenvalue weighted by Gasteiger charge is 2.22. The number of nitrogens with two attached hydrogens (primary N) is 1. The smallest absolute Gasteiger partial charge is 0.232 e. The molecule has 174 valence electrons. The zero-order valence-electron chi connectivity index (χ0n) is 18.4. The van der Waals surface area contributed by atoms with E-state index in [0.29, 0.717) is 71.8 Å². The number of piperazine rings is 1. The van der Waals surface area contributed by atoms with Crippen LogP contribution in [0.4, 0.5) is 23.3 Å². The molecule has 0 saturated carbocycles. The Hall–Kier alpha value is -4.13. The molecule has 34 heavy (non-hydrogen) atoms. The van der Waals surface area contributed by atoms with Crippen LogP contribution in [0.15, 0.2) is 18.3 Å². The van der Waals surface area contributed by atoms with Crippen molar-refractivity contribution >= 4 is 46.4 Å².